The van der Waals surface area contributed by atoms with E-state index in [0.717, 1.165) is 24.5 Å². The Morgan fingerprint density at radius 1 is 1.33 bits per heavy atom. The molecule has 3 heteroatoms. The van der Waals surface area contributed by atoms with Crippen LogP contribution in [0.5, 0.6) is 0 Å². The van der Waals surface area contributed by atoms with Crippen molar-refractivity contribution < 1.29 is 0 Å². The molecule has 2 nitrogen and oxygen atoms in total. The molecule has 0 saturated heterocycles. The van der Waals surface area contributed by atoms with E-state index in [-0.39, 0.29) is 0 Å². The molecular weight excluding hydrogens is 244 g/mol. The largest absolute Gasteiger partial charge is 0.347 e. The molecule has 0 saturated carbocycles. The van der Waals surface area contributed by atoms with Crippen LogP contribution in [-0.4, -0.2) is 17.7 Å². The second-order valence-electron chi connectivity index (χ2n) is 4.86. The third kappa shape index (κ3) is 1.76. The molecule has 94 valence electrons. The van der Waals surface area contributed by atoms with Gasteiger partial charge in [-0.15, -0.1) is 0 Å². The molecule has 0 atom stereocenters. The molecule has 0 amide bonds. The predicted octanol–water partition coefficient (Wildman–Crippen LogP) is 3.52. The van der Waals surface area contributed by atoms with Gasteiger partial charge in [0.1, 0.15) is 0 Å². The standard InChI is InChI=1S/C15H17ClN2/c1-10-15(11-5-7-17-8-6-11)13-4-3-12(16)9-14(13)18(10)2/h3-5,9,17H,6-8H2,1-2H3. The monoisotopic (exact) mass is 260 g/mol. The molecule has 2 heterocycles. The van der Waals surface area contributed by atoms with Crippen LogP contribution in [0.15, 0.2) is 24.3 Å². The number of benzene rings is 1. The molecule has 0 radical (unpaired) electrons. The van der Waals surface area contributed by atoms with Crippen LogP contribution in [0.3, 0.4) is 0 Å². The van der Waals surface area contributed by atoms with Gasteiger partial charge in [0.25, 0.3) is 0 Å². The third-order valence-corrected chi connectivity index (χ3v) is 4.08. The fourth-order valence-electron chi connectivity index (χ4n) is 2.79. The molecule has 0 fully saturated rings. The van der Waals surface area contributed by atoms with E-state index in [0.29, 0.717) is 0 Å². The van der Waals surface area contributed by atoms with Gasteiger partial charge < -0.3 is 9.88 Å². The fourth-order valence-corrected chi connectivity index (χ4v) is 2.96. The van der Waals surface area contributed by atoms with E-state index in [1.165, 1.54) is 27.7 Å². The minimum Gasteiger partial charge on any atom is -0.347 e. The SMILES string of the molecule is Cc1c(C2=CCNCC2)c2ccc(Cl)cc2n1C. The van der Waals surface area contributed by atoms with Crippen LogP contribution >= 0.6 is 11.6 Å². The quantitative estimate of drug-likeness (QED) is 0.830. The third-order valence-electron chi connectivity index (χ3n) is 3.84. The van der Waals surface area contributed by atoms with Crippen LogP contribution in [0.1, 0.15) is 17.7 Å². The highest BCUT2D eigenvalue weighted by Crippen LogP contribution is 2.34. The van der Waals surface area contributed by atoms with E-state index < -0.39 is 0 Å². The highest BCUT2D eigenvalue weighted by molar-refractivity contribution is 6.31. The molecule has 1 N–H and O–H groups in total. The Balaban J connectivity index is 2.28. The van der Waals surface area contributed by atoms with Gasteiger partial charge in [-0.3, -0.25) is 0 Å². The maximum absolute atomic E-state index is 6.10. The van der Waals surface area contributed by atoms with Crippen molar-refractivity contribution in [2.75, 3.05) is 13.1 Å². The number of nitrogens with zero attached hydrogens (tertiary/aromatic N) is 1. The normalized spacial score (nSPS) is 16.1. The molecule has 1 aliphatic rings. The average Bonchev–Trinajstić information content (AvgIpc) is 2.64. The highest BCUT2D eigenvalue weighted by Gasteiger charge is 2.16. The van der Waals surface area contributed by atoms with E-state index in [1.807, 2.05) is 6.07 Å². The number of aryl methyl sites for hydroxylation is 1. The van der Waals surface area contributed by atoms with Crippen molar-refractivity contribution in [3.63, 3.8) is 0 Å². The summed E-state index contributed by atoms with van der Waals surface area (Å²) in [5.41, 5.74) is 5.39. The van der Waals surface area contributed by atoms with Crippen molar-refractivity contribution in [3.05, 3.63) is 40.6 Å². The van der Waals surface area contributed by atoms with Crippen LogP contribution in [0, 0.1) is 6.92 Å². The Kier molecular flexibility index (Phi) is 2.92. The van der Waals surface area contributed by atoms with Crippen molar-refractivity contribution in [2.45, 2.75) is 13.3 Å². The number of fused-ring (bicyclic) bond motifs is 1. The summed E-state index contributed by atoms with van der Waals surface area (Å²) in [5.74, 6) is 0. The summed E-state index contributed by atoms with van der Waals surface area (Å²) < 4.78 is 2.24. The van der Waals surface area contributed by atoms with Crippen molar-refractivity contribution in [2.24, 2.45) is 7.05 Å². The van der Waals surface area contributed by atoms with Gasteiger partial charge in [0.05, 0.1) is 5.52 Å². The van der Waals surface area contributed by atoms with E-state index in [1.54, 1.807) is 0 Å². The second kappa shape index (κ2) is 4.45. The van der Waals surface area contributed by atoms with Crippen molar-refractivity contribution in [1.29, 1.82) is 0 Å². The summed E-state index contributed by atoms with van der Waals surface area (Å²) in [6.45, 7) is 4.22. The summed E-state index contributed by atoms with van der Waals surface area (Å²) in [4.78, 5) is 0. The van der Waals surface area contributed by atoms with Gasteiger partial charge in [-0.25, -0.2) is 0 Å². The summed E-state index contributed by atoms with van der Waals surface area (Å²) in [6, 6.07) is 6.17. The topological polar surface area (TPSA) is 17.0 Å². The number of hydrogen-bond donors (Lipinski definition) is 1. The lowest BCUT2D eigenvalue weighted by atomic mass is 9.97. The first-order valence-electron chi connectivity index (χ1n) is 6.33. The molecular formula is C15H17ClN2. The van der Waals surface area contributed by atoms with E-state index in [9.17, 15) is 0 Å². The summed E-state index contributed by atoms with van der Waals surface area (Å²) in [6.07, 6.45) is 3.41. The molecule has 0 unspecified atom stereocenters. The Hall–Kier alpha value is -1.25. The first-order valence-corrected chi connectivity index (χ1v) is 6.71. The molecule has 2 aromatic rings. The smallest absolute Gasteiger partial charge is 0.0501 e. The van der Waals surface area contributed by atoms with Gasteiger partial charge in [0.15, 0.2) is 0 Å². The number of nitrogens with one attached hydrogen (secondary N) is 1. The van der Waals surface area contributed by atoms with Crippen molar-refractivity contribution in [1.82, 2.24) is 9.88 Å². The van der Waals surface area contributed by atoms with Gasteiger partial charge in [0, 0.05) is 35.3 Å². The van der Waals surface area contributed by atoms with Crippen LogP contribution in [0.2, 0.25) is 5.02 Å². The van der Waals surface area contributed by atoms with Crippen molar-refractivity contribution >= 4 is 28.1 Å². The first-order chi connectivity index (χ1) is 8.68. The Labute approximate surface area is 112 Å². The molecule has 0 spiro atoms. The second-order valence-corrected chi connectivity index (χ2v) is 5.30. The summed E-state index contributed by atoms with van der Waals surface area (Å²) in [5, 5.41) is 5.48. The van der Waals surface area contributed by atoms with E-state index >= 15 is 0 Å². The predicted molar refractivity (Wildman–Crippen MR) is 78.1 cm³/mol. The van der Waals surface area contributed by atoms with Gasteiger partial charge in [-0.2, -0.15) is 0 Å². The maximum Gasteiger partial charge on any atom is 0.0501 e. The Bertz CT molecular complexity index is 637. The minimum atomic E-state index is 0.800. The zero-order chi connectivity index (χ0) is 12.7. The molecule has 3 rings (SSSR count). The summed E-state index contributed by atoms with van der Waals surface area (Å²) in [7, 11) is 2.11. The van der Waals surface area contributed by atoms with Crippen molar-refractivity contribution in [3.8, 4) is 0 Å². The van der Waals surface area contributed by atoms with Crippen LogP contribution in [-0.2, 0) is 7.05 Å². The fraction of sp³-hybridized carbons (Fsp3) is 0.333. The van der Waals surface area contributed by atoms with Crippen LogP contribution in [0.25, 0.3) is 16.5 Å². The molecule has 0 aliphatic carbocycles. The lowest BCUT2D eigenvalue weighted by Gasteiger charge is -2.14. The minimum absolute atomic E-state index is 0.800. The van der Waals surface area contributed by atoms with E-state index in [4.69, 9.17) is 11.6 Å². The molecule has 0 bridgehead atoms. The van der Waals surface area contributed by atoms with E-state index in [2.05, 4.69) is 42.1 Å². The number of hydrogen-bond acceptors (Lipinski definition) is 1. The maximum atomic E-state index is 6.10. The zero-order valence-electron chi connectivity index (χ0n) is 10.8. The Morgan fingerprint density at radius 3 is 2.89 bits per heavy atom. The average molecular weight is 261 g/mol. The van der Waals surface area contributed by atoms with Crippen LogP contribution < -0.4 is 5.32 Å². The first kappa shape index (κ1) is 11.8. The zero-order valence-corrected chi connectivity index (χ0v) is 11.5. The number of rotatable bonds is 1. The molecule has 1 aliphatic heterocycles. The lowest BCUT2D eigenvalue weighted by Crippen LogP contribution is -2.20. The highest BCUT2D eigenvalue weighted by atomic mass is 35.5. The van der Waals surface area contributed by atoms with Gasteiger partial charge in [-0.1, -0.05) is 23.7 Å². The Morgan fingerprint density at radius 2 is 2.17 bits per heavy atom. The molecule has 18 heavy (non-hydrogen) atoms. The number of halogens is 1. The van der Waals surface area contributed by atoms with Gasteiger partial charge >= 0.3 is 0 Å². The molecule has 1 aromatic carbocycles. The van der Waals surface area contributed by atoms with Gasteiger partial charge in [-0.05, 0) is 37.6 Å². The molecule has 1 aromatic heterocycles. The van der Waals surface area contributed by atoms with Crippen LogP contribution in [0.4, 0.5) is 0 Å². The summed E-state index contributed by atoms with van der Waals surface area (Å²) >= 11 is 6.10. The lowest BCUT2D eigenvalue weighted by molar-refractivity contribution is 0.738. The van der Waals surface area contributed by atoms with Gasteiger partial charge in [0.2, 0.25) is 0 Å². The number of aromatic nitrogens is 1.